The predicted molar refractivity (Wildman–Crippen MR) is 100 cm³/mol. The molecule has 24 heavy (non-hydrogen) atoms. The molecule has 0 aliphatic carbocycles. The lowest BCUT2D eigenvalue weighted by Crippen LogP contribution is -2.38. The van der Waals surface area contributed by atoms with Gasteiger partial charge in [-0.1, -0.05) is 12.1 Å². The number of nitrogens with zero attached hydrogens (tertiary/aromatic N) is 3. The van der Waals surface area contributed by atoms with Gasteiger partial charge in [0.1, 0.15) is 0 Å². The van der Waals surface area contributed by atoms with Gasteiger partial charge in [0.05, 0.1) is 6.54 Å². The summed E-state index contributed by atoms with van der Waals surface area (Å²) in [5, 5.41) is 6.59. The van der Waals surface area contributed by atoms with Gasteiger partial charge >= 0.3 is 0 Å². The van der Waals surface area contributed by atoms with Crippen LogP contribution in [0.2, 0.25) is 0 Å². The van der Waals surface area contributed by atoms with Crippen LogP contribution >= 0.6 is 0 Å². The monoisotopic (exact) mass is 333 g/mol. The number of nitrogens with one attached hydrogen (secondary N) is 2. The summed E-state index contributed by atoms with van der Waals surface area (Å²) >= 11 is 0. The Balaban J connectivity index is 2.57. The van der Waals surface area contributed by atoms with E-state index in [4.69, 9.17) is 0 Å². The molecule has 0 aromatic heterocycles. The van der Waals surface area contributed by atoms with Gasteiger partial charge < -0.3 is 20.4 Å². The molecule has 0 heterocycles. The standard InChI is InChI=1S/C18H31N5O/c1-6-19-18(20-12-7-13-22(2)3)21-14-15-8-10-16(11-9-15)17(24)23(4)5/h8-11H,6-7,12-14H2,1-5H3,(H2,19,20,21). The average Bonchev–Trinajstić information content (AvgIpc) is 2.56. The third-order valence-electron chi connectivity index (χ3n) is 3.45. The van der Waals surface area contributed by atoms with Crippen molar-refractivity contribution < 1.29 is 4.79 Å². The van der Waals surface area contributed by atoms with Gasteiger partial charge in [0.2, 0.25) is 0 Å². The number of amides is 1. The van der Waals surface area contributed by atoms with Gasteiger partial charge in [0.15, 0.2) is 5.96 Å². The maximum atomic E-state index is 11.9. The molecule has 0 bridgehead atoms. The largest absolute Gasteiger partial charge is 0.357 e. The molecule has 1 aromatic carbocycles. The van der Waals surface area contributed by atoms with Crippen LogP contribution < -0.4 is 10.6 Å². The molecule has 1 aromatic rings. The van der Waals surface area contributed by atoms with E-state index in [2.05, 4.69) is 41.5 Å². The quantitative estimate of drug-likeness (QED) is 0.429. The van der Waals surface area contributed by atoms with E-state index in [1.807, 2.05) is 24.3 Å². The summed E-state index contributed by atoms with van der Waals surface area (Å²) in [7, 11) is 7.66. The van der Waals surface area contributed by atoms with Gasteiger partial charge in [-0.05, 0) is 51.7 Å². The molecule has 0 atom stereocenters. The van der Waals surface area contributed by atoms with E-state index in [1.54, 1.807) is 19.0 Å². The Morgan fingerprint density at radius 2 is 1.75 bits per heavy atom. The number of benzene rings is 1. The first-order valence-electron chi connectivity index (χ1n) is 8.41. The molecular weight excluding hydrogens is 302 g/mol. The third kappa shape index (κ3) is 7.46. The number of aliphatic imine (C=N–C) groups is 1. The lowest BCUT2D eigenvalue weighted by atomic mass is 10.1. The van der Waals surface area contributed by atoms with E-state index in [0.29, 0.717) is 12.1 Å². The SMILES string of the molecule is CCNC(=NCc1ccc(C(=O)N(C)C)cc1)NCCCN(C)C. The first-order valence-corrected chi connectivity index (χ1v) is 8.41. The second-order valence-electron chi connectivity index (χ2n) is 6.18. The minimum atomic E-state index is 0.0148. The van der Waals surface area contributed by atoms with E-state index in [0.717, 1.165) is 37.6 Å². The zero-order chi connectivity index (χ0) is 17.9. The summed E-state index contributed by atoms with van der Waals surface area (Å²) in [6.45, 7) is 5.40. The number of hydrogen-bond donors (Lipinski definition) is 2. The van der Waals surface area contributed by atoms with E-state index in [1.165, 1.54) is 0 Å². The number of rotatable bonds is 8. The molecule has 2 N–H and O–H groups in total. The van der Waals surface area contributed by atoms with Crippen LogP contribution in [0.15, 0.2) is 29.3 Å². The fourth-order valence-corrected chi connectivity index (χ4v) is 2.13. The second kappa shape index (κ2) is 10.6. The van der Waals surface area contributed by atoms with Crippen LogP contribution in [0.1, 0.15) is 29.3 Å². The molecule has 1 rings (SSSR count). The Labute approximate surface area is 145 Å². The minimum Gasteiger partial charge on any atom is -0.357 e. The van der Waals surface area contributed by atoms with Crippen molar-refractivity contribution in [1.29, 1.82) is 0 Å². The number of carbonyl (C=O) groups excluding carboxylic acids is 1. The first-order chi connectivity index (χ1) is 11.4. The normalized spacial score (nSPS) is 11.5. The zero-order valence-corrected chi connectivity index (χ0v) is 15.6. The Bertz CT molecular complexity index is 523. The Kier molecular flexibility index (Phi) is 8.86. The summed E-state index contributed by atoms with van der Waals surface area (Å²) in [5.41, 5.74) is 1.78. The lowest BCUT2D eigenvalue weighted by molar-refractivity contribution is 0.0827. The van der Waals surface area contributed by atoms with Crippen LogP contribution in [0.5, 0.6) is 0 Å². The van der Waals surface area contributed by atoms with Gasteiger partial charge in [-0.15, -0.1) is 0 Å². The van der Waals surface area contributed by atoms with E-state index in [9.17, 15) is 4.79 Å². The Morgan fingerprint density at radius 1 is 1.08 bits per heavy atom. The maximum Gasteiger partial charge on any atom is 0.253 e. The molecule has 1 amide bonds. The van der Waals surface area contributed by atoms with Gasteiger partial charge in [0.25, 0.3) is 5.91 Å². The van der Waals surface area contributed by atoms with Crippen molar-refractivity contribution in [2.75, 3.05) is 47.8 Å². The molecule has 134 valence electrons. The highest BCUT2D eigenvalue weighted by atomic mass is 16.2. The van der Waals surface area contributed by atoms with Crippen LogP contribution in [-0.4, -0.2) is 69.5 Å². The third-order valence-corrected chi connectivity index (χ3v) is 3.45. The van der Waals surface area contributed by atoms with Crippen LogP contribution in [0, 0.1) is 0 Å². The summed E-state index contributed by atoms with van der Waals surface area (Å²) in [5.74, 6) is 0.839. The van der Waals surface area contributed by atoms with Crippen LogP contribution in [0.3, 0.4) is 0 Å². The van der Waals surface area contributed by atoms with Crippen molar-refractivity contribution in [3.05, 3.63) is 35.4 Å². The van der Waals surface area contributed by atoms with Gasteiger partial charge in [-0.25, -0.2) is 4.99 Å². The van der Waals surface area contributed by atoms with E-state index in [-0.39, 0.29) is 5.91 Å². The van der Waals surface area contributed by atoms with Crippen molar-refractivity contribution in [1.82, 2.24) is 20.4 Å². The highest BCUT2D eigenvalue weighted by Gasteiger charge is 2.07. The van der Waals surface area contributed by atoms with E-state index < -0.39 is 0 Å². The van der Waals surface area contributed by atoms with Crippen molar-refractivity contribution in [3.63, 3.8) is 0 Å². The van der Waals surface area contributed by atoms with Crippen LogP contribution in [0.4, 0.5) is 0 Å². The molecule has 0 saturated carbocycles. The summed E-state index contributed by atoms with van der Waals surface area (Å²) < 4.78 is 0. The highest BCUT2D eigenvalue weighted by molar-refractivity contribution is 5.93. The van der Waals surface area contributed by atoms with Gasteiger partial charge in [-0.3, -0.25) is 4.79 Å². The van der Waals surface area contributed by atoms with Crippen molar-refractivity contribution in [2.45, 2.75) is 19.9 Å². The molecule has 6 heteroatoms. The molecular formula is C18H31N5O. The van der Waals surface area contributed by atoms with Crippen LogP contribution in [0.25, 0.3) is 0 Å². The topological polar surface area (TPSA) is 60.0 Å². The lowest BCUT2D eigenvalue weighted by Gasteiger charge is -2.13. The maximum absolute atomic E-state index is 11.9. The molecule has 0 aliphatic heterocycles. The highest BCUT2D eigenvalue weighted by Crippen LogP contribution is 2.07. The van der Waals surface area contributed by atoms with Crippen molar-refractivity contribution >= 4 is 11.9 Å². The van der Waals surface area contributed by atoms with Gasteiger partial charge in [-0.2, -0.15) is 0 Å². The van der Waals surface area contributed by atoms with E-state index >= 15 is 0 Å². The second-order valence-corrected chi connectivity index (χ2v) is 6.18. The number of hydrogen-bond acceptors (Lipinski definition) is 3. The Morgan fingerprint density at radius 3 is 2.29 bits per heavy atom. The molecule has 0 saturated heterocycles. The Hall–Kier alpha value is -2.08. The average molecular weight is 333 g/mol. The predicted octanol–water partition coefficient (Wildman–Crippen LogP) is 1.40. The fourth-order valence-electron chi connectivity index (χ4n) is 2.13. The number of carbonyl (C=O) groups is 1. The summed E-state index contributed by atoms with van der Waals surface area (Å²) in [6.07, 6.45) is 1.07. The first kappa shape index (κ1) is 20.0. The van der Waals surface area contributed by atoms with Gasteiger partial charge in [0, 0.05) is 32.7 Å². The smallest absolute Gasteiger partial charge is 0.253 e. The molecule has 0 spiro atoms. The molecule has 0 unspecified atom stereocenters. The van der Waals surface area contributed by atoms with Crippen molar-refractivity contribution in [3.8, 4) is 0 Å². The van der Waals surface area contributed by atoms with Crippen molar-refractivity contribution in [2.24, 2.45) is 4.99 Å². The molecule has 0 fully saturated rings. The molecule has 0 aliphatic rings. The summed E-state index contributed by atoms with van der Waals surface area (Å²) in [6, 6.07) is 7.61. The van der Waals surface area contributed by atoms with Crippen LogP contribution in [-0.2, 0) is 6.54 Å². The molecule has 0 radical (unpaired) electrons. The fraction of sp³-hybridized carbons (Fsp3) is 0.556. The zero-order valence-electron chi connectivity index (χ0n) is 15.6. The summed E-state index contributed by atoms with van der Waals surface area (Å²) in [4.78, 5) is 20.2. The minimum absolute atomic E-state index is 0.0148. The number of guanidine groups is 1. The molecule has 6 nitrogen and oxygen atoms in total.